The molecule has 120 valence electrons. The molecule has 0 aromatic heterocycles. The van der Waals surface area contributed by atoms with Crippen molar-refractivity contribution < 1.29 is 19.4 Å². The van der Waals surface area contributed by atoms with E-state index in [9.17, 15) is 9.59 Å². The van der Waals surface area contributed by atoms with Crippen LogP contribution in [0.5, 0.6) is 5.75 Å². The van der Waals surface area contributed by atoms with Gasteiger partial charge in [-0.3, -0.25) is 9.59 Å². The molecule has 2 N–H and O–H groups in total. The van der Waals surface area contributed by atoms with Crippen molar-refractivity contribution in [3.05, 3.63) is 65.7 Å². The third kappa shape index (κ3) is 5.14. The van der Waals surface area contributed by atoms with E-state index in [0.29, 0.717) is 5.75 Å². The summed E-state index contributed by atoms with van der Waals surface area (Å²) in [5.74, 6) is -0.695. The van der Waals surface area contributed by atoms with Crippen molar-refractivity contribution >= 4 is 11.9 Å². The molecule has 2 aromatic rings. The van der Waals surface area contributed by atoms with Crippen LogP contribution in [0.15, 0.2) is 54.6 Å². The number of carboxylic acids is 1. The average Bonchev–Trinajstić information content (AvgIpc) is 2.54. The summed E-state index contributed by atoms with van der Waals surface area (Å²) in [7, 11) is 0. The van der Waals surface area contributed by atoms with E-state index in [4.69, 9.17) is 9.84 Å². The van der Waals surface area contributed by atoms with Crippen molar-refractivity contribution in [1.29, 1.82) is 0 Å². The summed E-state index contributed by atoms with van der Waals surface area (Å²) in [5, 5.41) is 11.7. The number of hydrogen-bond donors (Lipinski definition) is 2. The maximum Gasteiger partial charge on any atom is 0.305 e. The number of aliphatic carboxylic acids is 1. The Morgan fingerprint density at radius 2 is 1.74 bits per heavy atom. The second-order valence-corrected chi connectivity index (χ2v) is 5.18. The number of carbonyl (C=O) groups is 2. The molecule has 0 aliphatic carbocycles. The summed E-state index contributed by atoms with van der Waals surface area (Å²) in [5.41, 5.74) is 1.68. The van der Waals surface area contributed by atoms with Gasteiger partial charge >= 0.3 is 5.97 Å². The Labute approximate surface area is 134 Å². The minimum Gasteiger partial charge on any atom is -0.484 e. The number of benzene rings is 2. The second-order valence-electron chi connectivity index (χ2n) is 5.18. The number of aryl methyl sites for hydroxylation is 1. The lowest BCUT2D eigenvalue weighted by Crippen LogP contribution is -2.33. The summed E-state index contributed by atoms with van der Waals surface area (Å²) in [6.07, 6.45) is -0.180. The minimum atomic E-state index is -0.973. The maximum absolute atomic E-state index is 12.1. The number of nitrogens with one attached hydrogen (secondary N) is 1. The fraction of sp³-hybridized carbons (Fsp3) is 0.222. The smallest absolute Gasteiger partial charge is 0.305 e. The standard InChI is InChI=1S/C18H19NO4/c1-13-7-5-6-10-16(13)23-12-17(20)19-15(11-18(21)22)14-8-3-2-4-9-14/h2-10,15H,11-12H2,1H3,(H,19,20)(H,21,22)/t15-/m0/s1. The molecule has 0 radical (unpaired) electrons. The van der Waals surface area contributed by atoms with Crippen LogP contribution < -0.4 is 10.1 Å². The monoisotopic (exact) mass is 313 g/mol. The van der Waals surface area contributed by atoms with Gasteiger partial charge in [-0.15, -0.1) is 0 Å². The number of ether oxygens (including phenoxy) is 1. The van der Waals surface area contributed by atoms with Crippen molar-refractivity contribution in [3.63, 3.8) is 0 Å². The molecule has 0 heterocycles. The van der Waals surface area contributed by atoms with Crippen LogP contribution in [0.3, 0.4) is 0 Å². The average molecular weight is 313 g/mol. The molecule has 0 unspecified atom stereocenters. The van der Waals surface area contributed by atoms with E-state index in [1.54, 1.807) is 30.3 Å². The molecule has 5 heteroatoms. The van der Waals surface area contributed by atoms with Gasteiger partial charge in [0, 0.05) is 0 Å². The highest BCUT2D eigenvalue weighted by molar-refractivity contribution is 5.79. The normalized spacial score (nSPS) is 11.5. The van der Waals surface area contributed by atoms with E-state index in [1.165, 1.54) is 0 Å². The Morgan fingerprint density at radius 3 is 2.39 bits per heavy atom. The molecule has 2 aromatic carbocycles. The molecule has 0 aliphatic heterocycles. The zero-order valence-electron chi connectivity index (χ0n) is 12.9. The topological polar surface area (TPSA) is 75.6 Å². The number of carbonyl (C=O) groups excluding carboxylic acids is 1. The SMILES string of the molecule is Cc1ccccc1OCC(=O)N[C@@H](CC(=O)O)c1ccccc1. The number of hydrogen-bond acceptors (Lipinski definition) is 3. The van der Waals surface area contributed by atoms with E-state index < -0.39 is 12.0 Å². The molecule has 0 saturated carbocycles. The van der Waals surface area contributed by atoms with Crippen molar-refractivity contribution in [1.82, 2.24) is 5.32 Å². The molecule has 0 fully saturated rings. The fourth-order valence-electron chi connectivity index (χ4n) is 2.21. The molecule has 23 heavy (non-hydrogen) atoms. The van der Waals surface area contributed by atoms with Crippen LogP contribution in [0.1, 0.15) is 23.6 Å². The third-order valence-electron chi connectivity index (χ3n) is 3.37. The fourth-order valence-corrected chi connectivity index (χ4v) is 2.21. The molecule has 0 aliphatic rings. The van der Waals surface area contributed by atoms with Crippen LogP contribution in [0.4, 0.5) is 0 Å². The van der Waals surface area contributed by atoms with Gasteiger partial charge in [-0.1, -0.05) is 48.5 Å². The number of amides is 1. The van der Waals surface area contributed by atoms with Gasteiger partial charge in [0.2, 0.25) is 0 Å². The van der Waals surface area contributed by atoms with Crippen LogP contribution in [0, 0.1) is 6.92 Å². The Hall–Kier alpha value is -2.82. The zero-order chi connectivity index (χ0) is 16.7. The van der Waals surface area contributed by atoms with Gasteiger partial charge in [-0.25, -0.2) is 0 Å². The second kappa shape index (κ2) is 7.98. The largest absolute Gasteiger partial charge is 0.484 e. The van der Waals surface area contributed by atoms with Crippen molar-refractivity contribution in [2.45, 2.75) is 19.4 Å². The molecule has 1 atom stereocenters. The molecule has 0 saturated heterocycles. The number of rotatable bonds is 7. The lowest BCUT2D eigenvalue weighted by atomic mass is 10.0. The maximum atomic E-state index is 12.1. The van der Waals surface area contributed by atoms with Crippen LogP contribution in [-0.4, -0.2) is 23.6 Å². The van der Waals surface area contributed by atoms with Gasteiger partial charge in [0.15, 0.2) is 6.61 Å². The lowest BCUT2D eigenvalue weighted by Gasteiger charge is -2.18. The van der Waals surface area contributed by atoms with Gasteiger partial charge in [0.05, 0.1) is 12.5 Å². The Morgan fingerprint density at radius 1 is 1.09 bits per heavy atom. The summed E-state index contributed by atoms with van der Waals surface area (Å²) in [6.45, 7) is 1.73. The predicted octanol–water partition coefficient (Wildman–Crippen LogP) is 2.71. The van der Waals surface area contributed by atoms with Crippen LogP contribution >= 0.6 is 0 Å². The molecular weight excluding hydrogens is 294 g/mol. The quantitative estimate of drug-likeness (QED) is 0.824. The predicted molar refractivity (Wildman–Crippen MR) is 86.3 cm³/mol. The van der Waals surface area contributed by atoms with E-state index in [2.05, 4.69) is 5.32 Å². The van der Waals surface area contributed by atoms with Gasteiger partial charge in [0.1, 0.15) is 5.75 Å². The van der Waals surface area contributed by atoms with E-state index >= 15 is 0 Å². The van der Waals surface area contributed by atoms with Crippen LogP contribution in [0.2, 0.25) is 0 Å². The summed E-state index contributed by atoms with van der Waals surface area (Å²) in [4.78, 5) is 23.1. The molecule has 1 amide bonds. The third-order valence-corrected chi connectivity index (χ3v) is 3.37. The highest BCUT2D eigenvalue weighted by atomic mass is 16.5. The van der Waals surface area contributed by atoms with Crippen molar-refractivity contribution in [2.24, 2.45) is 0 Å². The molecule has 2 rings (SSSR count). The summed E-state index contributed by atoms with van der Waals surface area (Å²) < 4.78 is 5.48. The number of carboxylic acid groups (broad SMARTS) is 1. The first-order chi connectivity index (χ1) is 11.1. The first-order valence-corrected chi connectivity index (χ1v) is 7.31. The van der Waals surface area contributed by atoms with Crippen LogP contribution in [-0.2, 0) is 9.59 Å². The van der Waals surface area contributed by atoms with Crippen molar-refractivity contribution in [3.8, 4) is 5.75 Å². The molecule has 0 spiro atoms. The summed E-state index contributed by atoms with van der Waals surface area (Å²) in [6, 6.07) is 15.8. The van der Waals surface area contributed by atoms with Gasteiger partial charge < -0.3 is 15.2 Å². The summed E-state index contributed by atoms with van der Waals surface area (Å²) >= 11 is 0. The Balaban J connectivity index is 1.98. The first-order valence-electron chi connectivity index (χ1n) is 7.31. The van der Waals surface area contributed by atoms with E-state index in [0.717, 1.165) is 11.1 Å². The lowest BCUT2D eigenvalue weighted by molar-refractivity contribution is -0.137. The number of para-hydroxylation sites is 1. The molecule has 0 bridgehead atoms. The van der Waals surface area contributed by atoms with Gasteiger partial charge in [-0.05, 0) is 24.1 Å². The van der Waals surface area contributed by atoms with Crippen molar-refractivity contribution in [2.75, 3.05) is 6.61 Å². The molecule has 5 nitrogen and oxygen atoms in total. The molecular formula is C18H19NO4. The van der Waals surface area contributed by atoms with Gasteiger partial charge in [-0.2, -0.15) is 0 Å². The highest BCUT2D eigenvalue weighted by Gasteiger charge is 2.18. The first kappa shape index (κ1) is 16.5. The van der Waals surface area contributed by atoms with Crippen LogP contribution in [0.25, 0.3) is 0 Å². The Bertz CT molecular complexity index is 670. The van der Waals surface area contributed by atoms with Gasteiger partial charge in [0.25, 0.3) is 5.91 Å². The zero-order valence-corrected chi connectivity index (χ0v) is 12.9. The van der Waals surface area contributed by atoms with E-state index in [1.807, 2.05) is 31.2 Å². The Kier molecular flexibility index (Phi) is 5.74. The minimum absolute atomic E-state index is 0.159. The van der Waals surface area contributed by atoms with E-state index in [-0.39, 0.29) is 18.9 Å². The highest BCUT2D eigenvalue weighted by Crippen LogP contribution is 2.18.